The van der Waals surface area contributed by atoms with Crippen molar-refractivity contribution in [1.82, 2.24) is 0 Å². The van der Waals surface area contributed by atoms with E-state index in [-0.39, 0.29) is 0 Å². The van der Waals surface area contributed by atoms with E-state index in [9.17, 15) is 9.18 Å². The zero-order valence-corrected chi connectivity index (χ0v) is 10.2. The van der Waals surface area contributed by atoms with E-state index in [4.69, 9.17) is 9.84 Å². The summed E-state index contributed by atoms with van der Waals surface area (Å²) in [7, 11) is 0. The number of carboxylic acids is 1. The SMILES string of the molecule is CCOc1cccc(C(F)C(C)(C)C(=O)O)c1. The number of aliphatic carboxylic acids is 1. The van der Waals surface area contributed by atoms with Crippen LogP contribution in [-0.4, -0.2) is 17.7 Å². The molecule has 1 atom stereocenters. The molecule has 1 rings (SSSR count). The van der Waals surface area contributed by atoms with Crippen molar-refractivity contribution < 1.29 is 19.0 Å². The Morgan fingerprint density at radius 1 is 1.53 bits per heavy atom. The summed E-state index contributed by atoms with van der Waals surface area (Å²) in [5.74, 6) is -0.611. The molecule has 1 aromatic carbocycles. The third kappa shape index (κ3) is 2.96. The number of carbonyl (C=O) groups is 1. The summed E-state index contributed by atoms with van der Waals surface area (Å²) in [5, 5.41) is 8.97. The van der Waals surface area contributed by atoms with Crippen molar-refractivity contribution in [2.45, 2.75) is 26.9 Å². The smallest absolute Gasteiger partial charge is 0.312 e. The molecular formula is C13H17FO3. The number of carboxylic acid groups (broad SMARTS) is 1. The van der Waals surface area contributed by atoms with E-state index < -0.39 is 17.6 Å². The first kappa shape index (κ1) is 13.5. The Morgan fingerprint density at radius 2 is 2.18 bits per heavy atom. The van der Waals surface area contributed by atoms with Crippen LogP contribution in [0.15, 0.2) is 24.3 Å². The molecule has 0 bridgehead atoms. The third-order valence-corrected chi connectivity index (χ3v) is 2.65. The molecule has 0 saturated heterocycles. The normalized spacial score (nSPS) is 13.2. The van der Waals surface area contributed by atoms with Crippen LogP contribution in [-0.2, 0) is 4.79 Å². The molecule has 94 valence electrons. The average molecular weight is 240 g/mol. The number of hydrogen-bond donors (Lipinski definition) is 1. The van der Waals surface area contributed by atoms with Crippen LogP contribution >= 0.6 is 0 Å². The van der Waals surface area contributed by atoms with E-state index in [2.05, 4.69) is 0 Å². The van der Waals surface area contributed by atoms with Gasteiger partial charge in [-0.3, -0.25) is 4.79 Å². The largest absolute Gasteiger partial charge is 0.494 e. The Kier molecular flexibility index (Phi) is 4.10. The molecule has 0 amide bonds. The summed E-state index contributed by atoms with van der Waals surface area (Å²) in [5.41, 5.74) is -1.13. The van der Waals surface area contributed by atoms with E-state index in [1.54, 1.807) is 24.3 Å². The molecule has 0 saturated carbocycles. The second kappa shape index (κ2) is 5.17. The molecule has 17 heavy (non-hydrogen) atoms. The topological polar surface area (TPSA) is 46.5 Å². The number of alkyl halides is 1. The van der Waals surface area contributed by atoms with Gasteiger partial charge in [0.25, 0.3) is 0 Å². The molecule has 1 aromatic rings. The van der Waals surface area contributed by atoms with E-state index in [0.717, 1.165) is 0 Å². The lowest BCUT2D eigenvalue weighted by Crippen LogP contribution is -2.29. The Hall–Kier alpha value is -1.58. The molecule has 0 aromatic heterocycles. The first-order chi connectivity index (χ1) is 7.89. The summed E-state index contributed by atoms with van der Waals surface area (Å²) in [6.07, 6.45) is -1.57. The lowest BCUT2D eigenvalue weighted by Gasteiger charge is -2.24. The van der Waals surface area contributed by atoms with E-state index in [1.165, 1.54) is 13.8 Å². The van der Waals surface area contributed by atoms with Crippen molar-refractivity contribution in [2.75, 3.05) is 6.61 Å². The Morgan fingerprint density at radius 3 is 2.71 bits per heavy atom. The van der Waals surface area contributed by atoms with E-state index in [0.29, 0.717) is 17.9 Å². The minimum atomic E-state index is -1.57. The molecule has 0 fully saturated rings. The Labute approximate surface area is 100 Å². The van der Waals surface area contributed by atoms with Crippen molar-refractivity contribution in [3.8, 4) is 5.75 Å². The van der Waals surface area contributed by atoms with Crippen molar-refractivity contribution in [3.63, 3.8) is 0 Å². The predicted molar refractivity (Wildman–Crippen MR) is 62.9 cm³/mol. The van der Waals surface area contributed by atoms with Gasteiger partial charge in [0.2, 0.25) is 0 Å². The minimum absolute atomic E-state index is 0.323. The van der Waals surface area contributed by atoms with E-state index in [1.807, 2.05) is 6.92 Å². The summed E-state index contributed by atoms with van der Waals surface area (Å²) in [6.45, 7) is 5.06. The maximum absolute atomic E-state index is 14.1. The van der Waals surface area contributed by atoms with Gasteiger partial charge < -0.3 is 9.84 Å². The van der Waals surface area contributed by atoms with Gasteiger partial charge in [0, 0.05) is 0 Å². The maximum atomic E-state index is 14.1. The van der Waals surface area contributed by atoms with Crippen molar-refractivity contribution in [2.24, 2.45) is 5.41 Å². The zero-order chi connectivity index (χ0) is 13.1. The third-order valence-electron chi connectivity index (χ3n) is 2.65. The van der Waals surface area contributed by atoms with Gasteiger partial charge in [0.15, 0.2) is 0 Å². The molecule has 0 aliphatic carbocycles. The lowest BCUT2D eigenvalue weighted by molar-refractivity contribution is -0.150. The van der Waals surface area contributed by atoms with Crippen LogP contribution in [0.5, 0.6) is 5.75 Å². The van der Waals surface area contributed by atoms with Crippen LogP contribution in [0.3, 0.4) is 0 Å². The maximum Gasteiger partial charge on any atom is 0.312 e. The Bertz CT molecular complexity index is 401. The van der Waals surface area contributed by atoms with Gasteiger partial charge in [-0.2, -0.15) is 0 Å². The van der Waals surface area contributed by atoms with Crippen LogP contribution in [0.1, 0.15) is 32.5 Å². The number of halogens is 1. The standard InChI is InChI=1S/C13H17FO3/c1-4-17-10-7-5-6-9(8-10)11(14)13(2,3)12(15)16/h5-8,11H,4H2,1-3H3,(H,15,16). The van der Waals surface area contributed by atoms with Gasteiger partial charge in [-0.15, -0.1) is 0 Å². The van der Waals surface area contributed by atoms with Gasteiger partial charge in [-0.1, -0.05) is 12.1 Å². The van der Waals surface area contributed by atoms with Crippen LogP contribution in [0.25, 0.3) is 0 Å². The lowest BCUT2D eigenvalue weighted by atomic mass is 9.84. The highest BCUT2D eigenvalue weighted by molar-refractivity contribution is 5.74. The number of benzene rings is 1. The fourth-order valence-corrected chi connectivity index (χ4v) is 1.45. The minimum Gasteiger partial charge on any atom is -0.494 e. The van der Waals surface area contributed by atoms with Crippen molar-refractivity contribution >= 4 is 5.97 Å². The molecule has 4 heteroatoms. The van der Waals surface area contributed by atoms with Crippen LogP contribution in [0, 0.1) is 5.41 Å². The van der Waals surface area contributed by atoms with Crippen LogP contribution < -0.4 is 4.74 Å². The highest BCUT2D eigenvalue weighted by atomic mass is 19.1. The molecule has 0 spiro atoms. The second-order valence-corrected chi connectivity index (χ2v) is 4.39. The van der Waals surface area contributed by atoms with Gasteiger partial charge in [0.1, 0.15) is 11.9 Å². The molecular weight excluding hydrogens is 223 g/mol. The van der Waals surface area contributed by atoms with Gasteiger partial charge in [-0.05, 0) is 38.5 Å². The van der Waals surface area contributed by atoms with E-state index >= 15 is 0 Å². The molecule has 0 aliphatic rings. The van der Waals surface area contributed by atoms with Crippen LogP contribution in [0.2, 0.25) is 0 Å². The van der Waals surface area contributed by atoms with Gasteiger partial charge in [0.05, 0.1) is 12.0 Å². The first-order valence-corrected chi connectivity index (χ1v) is 5.49. The second-order valence-electron chi connectivity index (χ2n) is 4.39. The number of ether oxygens (including phenoxy) is 1. The molecule has 1 N–H and O–H groups in total. The summed E-state index contributed by atoms with van der Waals surface area (Å²) >= 11 is 0. The van der Waals surface area contributed by atoms with Crippen molar-refractivity contribution in [3.05, 3.63) is 29.8 Å². The van der Waals surface area contributed by atoms with Gasteiger partial charge >= 0.3 is 5.97 Å². The molecule has 3 nitrogen and oxygen atoms in total. The zero-order valence-electron chi connectivity index (χ0n) is 10.2. The fraction of sp³-hybridized carbons (Fsp3) is 0.462. The molecule has 0 radical (unpaired) electrons. The molecule has 0 aliphatic heterocycles. The highest BCUT2D eigenvalue weighted by Gasteiger charge is 2.38. The number of rotatable bonds is 5. The predicted octanol–water partition coefficient (Wildman–Crippen LogP) is 3.21. The van der Waals surface area contributed by atoms with Gasteiger partial charge in [-0.25, -0.2) is 4.39 Å². The average Bonchev–Trinajstić information content (AvgIpc) is 2.28. The fourth-order valence-electron chi connectivity index (χ4n) is 1.45. The summed E-state index contributed by atoms with van der Waals surface area (Å²) in [6, 6.07) is 6.48. The quantitative estimate of drug-likeness (QED) is 0.859. The summed E-state index contributed by atoms with van der Waals surface area (Å²) < 4.78 is 19.4. The number of hydrogen-bond acceptors (Lipinski definition) is 2. The molecule has 0 heterocycles. The monoisotopic (exact) mass is 240 g/mol. The van der Waals surface area contributed by atoms with Crippen LogP contribution in [0.4, 0.5) is 4.39 Å². The summed E-state index contributed by atoms with van der Waals surface area (Å²) in [4.78, 5) is 11.0. The first-order valence-electron chi connectivity index (χ1n) is 5.49. The van der Waals surface area contributed by atoms with Crippen molar-refractivity contribution in [1.29, 1.82) is 0 Å². The highest BCUT2D eigenvalue weighted by Crippen LogP contribution is 2.37. The Balaban J connectivity index is 2.99. The molecule has 1 unspecified atom stereocenters.